The molecule has 0 aromatic rings. The zero-order valence-electron chi connectivity index (χ0n) is 11.0. The second-order valence-electron chi connectivity index (χ2n) is 4.61. The van der Waals surface area contributed by atoms with Crippen molar-refractivity contribution >= 4 is 12.0 Å². The predicted octanol–water partition coefficient (Wildman–Crippen LogP) is 1.17. The van der Waals surface area contributed by atoms with Gasteiger partial charge in [-0.3, -0.25) is 4.79 Å². The average molecular weight is 298 g/mol. The Kier molecular flexibility index (Phi) is 5.61. The molecular weight excluding hydrogens is 281 g/mol. The number of carbonyl (C=O) groups excluding carboxylic acids is 1. The van der Waals surface area contributed by atoms with Crippen molar-refractivity contribution in [1.29, 1.82) is 0 Å². The molecule has 6 nitrogen and oxygen atoms in total. The fraction of sp³-hybridized carbons (Fsp3) is 0.818. The number of carboxylic acid groups (broad SMARTS) is 1. The Hall–Kier alpha value is -1.51. The molecule has 1 N–H and O–H groups in total. The highest BCUT2D eigenvalue weighted by Gasteiger charge is 2.31. The molecule has 1 unspecified atom stereocenters. The molecule has 9 heteroatoms. The van der Waals surface area contributed by atoms with Crippen molar-refractivity contribution in [2.24, 2.45) is 0 Å². The summed E-state index contributed by atoms with van der Waals surface area (Å²) in [6.07, 6.45) is -6.25. The highest BCUT2D eigenvalue weighted by atomic mass is 19.4. The molecule has 0 aromatic carbocycles. The molecule has 1 fully saturated rings. The first-order chi connectivity index (χ1) is 9.19. The van der Waals surface area contributed by atoms with Crippen LogP contribution in [0.2, 0.25) is 0 Å². The molecule has 1 heterocycles. The molecule has 1 aliphatic heterocycles. The van der Waals surface area contributed by atoms with Crippen molar-refractivity contribution in [2.45, 2.75) is 25.1 Å². The van der Waals surface area contributed by atoms with Gasteiger partial charge in [-0.2, -0.15) is 13.2 Å². The van der Waals surface area contributed by atoms with Crippen molar-refractivity contribution in [3.05, 3.63) is 0 Å². The SMILES string of the molecule is CN(CCC(F)(F)F)C(=O)N1CCOC(CC(=O)O)C1. The lowest BCUT2D eigenvalue weighted by molar-refractivity contribution is -0.142. The smallest absolute Gasteiger partial charge is 0.390 e. The van der Waals surface area contributed by atoms with Crippen LogP contribution in [0.4, 0.5) is 18.0 Å². The zero-order valence-corrected chi connectivity index (χ0v) is 11.0. The predicted molar refractivity (Wildman–Crippen MR) is 62.3 cm³/mol. The third kappa shape index (κ3) is 5.64. The van der Waals surface area contributed by atoms with E-state index in [1.165, 1.54) is 11.9 Å². The Morgan fingerprint density at radius 1 is 1.45 bits per heavy atom. The summed E-state index contributed by atoms with van der Waals surface area (Å²) in [4.78, 5) is 24.8. The van der Waals surface area contributed by atoms with E-state index >= 15 is 0 Å². The number of alkyl halides is 3. The van der Waals surface area contributed by atoms with Crippen LogP contribution in [0, 0.1) is 0 Å². The van der Waals surface area contributed by atoms with Crippen LogP contribution in [-0.4, -0.2) is 72.5 Å². The van der Waals surface area contributed by atoms with Crippen molar-refractivity contribution in [2.75, 3.05) is 33.3 Å². The Bertz CT molecular complexity index is 362. The van der Waals surface area contributed by atoms with Crippen LogP contribution >= 0.6 is 0 Å². The summed E-state index contributed by atoms with van der Waals surface area (Å²) < 4.78 is 41.5. The molecule has 0 saturated carbocycles. The summed E-state index contributed by atoms with van der Waals surface area (Å²) in [5, 5.41) is 8.65. The number of rotatable bonds is 4. The Morgan fingerprint density at radius 3 is 2.65 bits per heavy atom. The molecule has 1 atom stereocenters. The lowest BCUT2D eigenvalue weighted by Gasteiger charge is -2.35. The highest BCUT2D eigenvalue weighted by molar-refractivity contribution is 5.74. The quantitative estimate of drug-likeness (QED) is 0.845. The Balaban J connectivity index is 2.47. The van der Waals surface area contributed by atoms with Gasteiger partial charge in [0.2, 0.25) is 0 Å². The van der Waals surface area contributed by atoms with Crippen LogP contribution in [0.15, 0.2) is 0 Å². The van der Waals surface area contributed by atoms with Gasteiger partial charge in [0.15, 0.2) is 0 Å². The van der Waals surface area contributed by atoms with E-state index < -0.39 is 37.2 Å². The molecule has 1 aliphatic rings. The van der Waals surface area contributed by atoms with Gasteiger partial charge in [0, 0.05) is 26.7 Å². The monoisotopic (exact) mass is 298 g/mol. The van der Waals surface area contributed by atoms with Gasteiger partial charge in [0.05, 0.1) is 25.6 Å². The number of aliphatic carboxylic acids is 1. The molecule has 1 saturated heterocycles. The second-order valence-corrected chi connectivity index (χ2v) is 4.61. The molecule has 0 bridgehead atoms. The van der Waals surface area contributed by atoms with Gasteiger partial charge in [-0.1, -0.05) is 0 Å². The Labute approximate surface area is 114 Å². The summed E-state index contributed by atoms with van der Waals surface area (Å²) in [5.41, 5.74) is 0. The lowest BCUT2D eigenvalue weighted by Crippen LogP contribution is -2.50. The average Bonchev–Trinajstić information content (AvgIpc) is 2.33. The number of hydrogen-bond donors (Lipinski definition) is 1. The topological polar surface area (TPSA) is 70.1 Å². The standard InChI is InChI=1S/C11H17F3N2O4/c1-15(3-2-11(12,13)14)10(19)16-4-5-20-8(7-16)6-9(17)18/h8H,2-7H2,1H3,(H,17,18). The van der Waals surface area contributed by atoms with Gasteiger partial charge >= 0.3 is 18.2 Å². The maximum Gasteiger partial charge on any atom is 0.390 e. The zero-order chi connectivity index (χ0) is 15.3. The van der Waals surface area contributed by atoms with Crippen molar-refractivity contribution in [3.63, 3.8) is 0 Å². The van der Waals surface area contributed by atoms with Crippen LogP contribution in [0.5, 0.6) is 0 Å². The van der Waals surface area contributed by atoms with Crippen LogP contribution in [0.1, 0.15) is 12.8 Å². The van der Waals surface area contributed by atoms with Crippen LogP contribution in [-0.2, 0) is 9.53 Å². The molecule has 0 radical (unpaired) electrons. The third-order valence-corrected chi connectivity index (χ3v) is 2.87. The lowest BCUT2D eigenvalue weighted by atomic mass is 10.2. The van der Waals surface area contributed by atoms with Gasteiger partial charge in [0.1, 0.15) is 0 Å². The van der Waals surface area contributed by atoms with Crippen LogP contribution in [0.3, 0.4) is 0 Å². The van der Waals surface area contributed by atoms with E-state index in [-0.39, 0.29) is 26.1 Å². The summed E-state index contributed by atoms with van der Waals surface area (Å²) >= 11 is 0. The van der Waals surface area contributed by atoms with Gasteiger partial charge in [-0.05, 0) is 0 Å². The first-order valence-corrected chi connectivity index (χ1v) is 6.09. The van der Waals surface area contributed by atoms with Crippen LogP contribution < -0.4 is 0 Å². The molecule has 0 spiro atoms. The molecule has 1 rings (SSSR count). The highest BCUT2D eigenvalue weighted by Crippen LogP contribution is 2.20. The number of amides is 2. The van der Waals surface area contributed by atoms with E-state index in [2.05, 4.69) is 0 Å². The number of carbonyl (C=O) groups is 2. The second kappa shape index (κ2) is 6.78. The fourth-order valence-corrected chi connectivity index (χ4v) is 1.84. The molecule has 20 heavy (non-hydrogen) atoms. The van der Waals surface area contributed by atoms with Crippen LogP contribution in [0.25, 0.3) is 0 Å². The van der Waals surface area contributed by atoms with E-state index in [0.717, 1.165) is 4.90 Å². The van der Waals surface area contributed by atoms with Gasteiger partial charge in [-0.15, -0.1) is 0 Å². The number of urea groups is 1. The Morgan fingerprint density at radius 2 is 2.10 bits per heavy atom. The summed E-state index contributed by atoms with van der Waals surface area (Å²) in [7, 11) is 1.29. The minimum Gasteiger partial charge on any atom is -0.481 e. The van der Waals surface area contributed by atoms with Gasteiger partial charge < -0.3 is 19.6 Å². The summed E-state index contributed by atoms with van der Waals surface area (Å²) in [6, 6.07) is -0.548. The maximum absolute atomic E-state index is 12.1. The number of morpholine rings is 1. The first kappa shape index (κ1) is 16.5. The van der Waals surface area contributed by atoms with E-state index in [9.17, 15) is 22.8 Å². The minimum atomic E-state index is -4.31. The van der Waals surface area contributed by atoms with Crippen molar-refractivity contribution in [1.82, 2.24) is 9.80 Å². The largest absolute Gasteiger partial charge is 0.481 e. The van der Waals surface area contributed by atoms with E-state index in [1.807, 2.05) is 0 Å². The number of hydrogen-bond acceptors (Lipinski definition) is 3. The van der Waals surface area contributed by atoms with Crippen molar-refractivity contribution < 1.29 is 32.6 Å². The molecule has 116 valence electrons. The van der Waals surface area contributed by atoms with Crippen molar-refractivity contribution in [3.8, 4) is 0 Å². The molecule has 0 aliphatic carbocycles. The fourth-order valence-electron chi connectivity index (χ4n) is 1.84. The van der Waals surface area contributed by atoms with E-state index in [0.29, 0.717) is 0 Å². The summed E-state index contributed by atoms with van der Waals surface area (Å²) in [6.45, 7) is 0.0624. The van der Waals surface area contributed by atoms with Gasteiger partial charge in [0.25, 0.3) is 0 Å². The summed E-state index contributed by atoms with van der Waals surface area (Å²) in [5.74, 6) is -1.05. The van der Waals surface area contributed by atoms with E-state index in [4.69, 9.17) is 9.84 Å². The number of halogens is 3. The molecule has 0 aromatic heterocycles. The normalized spacial score (nSPS) is 19.8. The number of carboxylic acids is 1. The number of nitrogens with zero attached hydrogens (tertiary/aromatic N) is 2. The molecule has 2 amide bonds. The minimum absolute atomic E-state index is 0.0709. The third-order valence-electron chi connectivity index (χ3n) is 2.87. The van der Waals surface area contributed by atoms with Gasteiger partial charge in [-0.25, -0.2) is 4.79 Å². The number of ether oxygens (including phenoxy) is 1. The first-order valence-electron chi connectivity index (χ1n) is 6.09. The molecular formula is C11H17F3N2O4. The maximum atomic E-state index is 12.1. The van der Waals surface area contributed by atoms with E-state index in [1.54, 1.807) is 0 Å².